The van der Waals surface area contributed by atoms with Crippen LogP contribution in [-0.2, 0) is 0 Å². The zero-order valence-electron chi connectivity index (χ0n) is 6.79. The first-order chi connectivity index (χ1) is 6.22. The van der Waals surface area contributed by atoms with Crippen LogP contribution in [0.4, 0.5) is 5.69 Å². The molecule has 0 amide bonds. The van der Waals surface area contributed by atoms with E-state index in [0.717, 1.165) is 5.69 Å². The van der Waals surface area contributed by atoms with Crippen LogP contribution in [0.15, 0.2) is 36.2 Å². The number of hydrogen-bond donors (Lipinski definition) is 2. The summed E-state index contributed by atoms with van der Waals surface area (Å²) in [4.78, 5) is 0. The molecule has 0 aromatic heterocycles. The van der Waals surface area contributed by atoms with Crippen LogP contribution in [-0.4, -0.2) is 0 Å². The van der Waals surface area contributed by atoms with Gasteiger partial charge in [0.05, 0.1) is 12.1 Å². The number of rotatable bonds is 2. The van der Waals surface area contributed by atoms with Gasteiger partial charge >= 0.3 is 0 Å². The van der Waals surface area contributed by atoms with Crippen molar-refractivity contribution in [3.05, 3.63) is 41.2 Å². The van der Waals surface area contributed by atoms with Crippen molar-refractivity contribution in [3.63, 3.8) is 0 Å². The summed E-state index contributed by atoms with van der Waals surface area (Å²) >= 11 is 5.68. The van der Waals surface area contributed by atoms with Crippen molar-refractivity contribution in [2.75, 3.05) is 5.32 Å². The van der Waals surface area contributed by atoms with Gasteiger partial charge in [-0.3, -0.25) is 0 Å². The lowest BCUT2D eigenvalue weighted by atomic mass is 10.3. The molecule has 3 N–H and O–H groups in total. The van der Waals surface area contributed by atoms with Crippen molar-refractivity contribution < 1.29 is 0 Å². The molecular formula is C9H8ClN3. The zero-order chi connectivity index (χ0) is 9.68. The van der Waals surface area contributed by atoms with Crippen LogP contribution < -0.4 is 11.1 Å². The number of nitrogens with two attached hydrogens (primary N) is 1. The van der Waals surface area contributed by atoms with Crippen molar-refractivity contribution in [2.24, 2.45) is 5.73 Å². The van der Waals surface area contributed by atoms with Crippen molar-refractivity contribution in [3.8, 4) is 6.07 Å². The molecule has 0 saturated heterocycles. The van der Waals surface area contributed by atoms with Gasteiger partial charge in [0, 0.05) is 10.7 Å². The first-order valence-corrected chi connectivity index (χ1v) is 3.98. The molecule has 0 spiro atoms. The lowest BCUT2D eigenvalue weighted by Crippen LogP contribution is -2.08. The molecule has 0 atom stereocenters. The topological polar surface area (TPSA) is 61.8 Å². The van der Waals surface area contributed by atoms with Gasteiger partial charge in [-0.25, -0.2) is 0 Å². The van der Waals surface area contributed by atoms with Gasteiger partial charge in [0.25, 0.3) is 0 Å². The lowest BCUT2D eigenvalue weighted by molar-refractivity contribution is 1.31. The van der Waals surface area contributed by atoms with Crippen molar-refractivity contribution in [1.29, 1.82) is 5.26 Å². The maximum Gasteiger partial charge on any atom is 0.111 e. The third-order valence-electron chi connectivity index (χ3n) is 1.35. The Kier molecular flexibility index (Phi) is 3.18. The highest BCUT2D eigenvalue weighted by Crippen LogP contribution is 2.13. The zero-order valence-corrected chi connectivity index (χ0v) is 7.55. The highest BCUT2D eigenvalue weighted by molar-refractivity contribution is 6.30. The van der Waals surface area contributed by atoms with E-state index in [1.54, 1.807) is 24.3 Å². The van der Waals surface area contributed by atoms with Crippen LogP contribution in [0.2, 0.25) is 5.02 Å². The third kappa shape index (κ3) is 3.06. The van der Waals surface area contributed by atoms with E-state index in [2.05, 4.69) is 5.32 Å². The number of benzene rings is 1. The smallest absolute Gasteiger partial charge is 0.111 e. The number of nitrogens with zero attached hydrogens (tertiary/aromatic N) is 1. The standard InChI is InChI=1S/C9H8ClN3/c10-7-1-3-8(4-2-7)13-9(12)5-6-11/h1-5,13H,12H2/b9-5+. The van der Waals surface area contributed by atoms with Crippen molar-refractivity contribution >= 4 is 17.3 Å². The highest BCUT2D eigenvalue weighted by atomic mass is 35.5. The quantitative estimate of drug-likeness (QED) is 0.707. The Morgan fingerprint density at radius 1 is 1.46 bits per heavy atom. The number of halogens is 1. The van der Waals surface area contributed by atoms with E-state index in [0.29, 0.717) is 10.8 Å². The van der Waals surface area contributed by atoms with Crippen molar-refractivity contribution in [2.45, 2.75) is 0 Å². The second kappa shape index (κ2) is 4.39. The minimum Gasteiger partial charge on any atom is -0.385 e. The predicted octanol–water partition coefficient (Wildman–Crippen LogP) is 2.08. The summed E-state index contributed by atoms with van der Waals surface area (Å²) < 4.78 is 0. The highest BCUT2D eigenvalue weighted by Gasteiger charge is 1.92. The summed E-state index contributed by atoms with van der Waals surface area (Å²) in [6.07, 6.45) is 1.23. The molecule has 66 valence electrons. The van der Waals surface area contributed by atoms with Gasteiger partial charge in [0.15, 0.2) is 0 Å². The predicted molar refractivity (Wildman–Crippen MR) is 53.0 cm³/mol. The Labute approximate surface area is 81.4 Å². The number of allylic oxidation sites excluding steroid dienone is 1. The van der Waals surface area contributed by atoms with Crippen LogP contribution in [0, 0.1) is 11.3 Å². The first kappa shape index (κ1) is 9.43. The second-order valence-electron chi connectivity index (χ2n) is 2.36. The Bertz CT molecular complexity index is 348. The van der Waals surface area contributed by atoms with Gasteiger partial charge in [0.2, 0.25) is 0 Å². The van der Waals surface area contributed by atoms with Gasteiger partial charge in [-0.1, -0.05) is 11.6 Å². The van der Waals surface area contributed by atoms with Gasteiger partial charge in [-0.15, -0.1) is 0 Å². The molecule has 4 heteroatoms. The summed E-state index contributed by atoms with van der Waals surface area (Å²) in [7, 11) is 0. The van der Waals surface area contributed by atoms with Gasteiger partial charge in [-0.2, -0.15) is 5.26 Å². The Morgan fingerprint density at radius 2 is 2.08 bits per heavy atom. The number of nitriles is 1. The molecule has 0 heterocycles. The SMILES string of the molecule is N#C/C=C(\N)Nc1ccc(Cl)cc1. The lowest BCUT2D eigenvalue weighted by Gasteiger charge is -2.04. The minimum atomic E-state index is 0.310. The third-order valence-corrected chi connectivity index (χ3v) is 1.60. The van der Waals surface area contributed by atoms with Gasteiger partial charge < -0.3 is 11.1 Å². The minimum absolute atomic E-state index is 0.310. The molecule has 0 bridgehead atoms. The van der Waals surface area contributed by atoms with E-state index < -0.39 is 0 Å². The molecule has 0 aliphatic rings. The molecule has 1 rings (SSSR count). The molecular weight excluding hydrogens is 186 g/mol. The largest absolute Gasteiger partial charge is 0.385 e. The van der Waals surface area contributed by atoms with Crippen LogP contribution in [0.3, 0.4) is 0 Å². The van der Waals surface area contributed by atoms with E-state index in [-0.39, 0.29) is 0 Å². The molecule has 1 aromatic carbocycles. The monoisotopic (exact) mass is 193 g/mol. The number of hydrogen-bond acceptors (Lipinski definition) is 3. The Hall–Kier alpha value is -1.66. The summed E-state index contributed by atoms with van der Waals surface area (Å²) in [5, 5.41) is 11.8. The Balaban J connectivity index is 2.71. The van der Waals surface area contributed by atoms with E-state index in [4.69, 9.17) is 22.6 Å². The maximum absolute atomic E-state index is 8.29. The molecule has 3 nitrogen and oxygen atoms in total. The van der Waals surface area contributed by atoms with Crippen LogP contribution in [0.25, 0.3) is 0 Å². The summed E-state index contributed by atoms with van der Waals surface area (Å²) in [6, 6.07) is 8.86. The molecule has 13 heavy (non-hydrogen) atoms. The van der Waals surface area contributed by atoms with Crippen molar-refractivity contribution in [1.82, 2.24) is 0 Å². The second-order valence-corrected chi connectivity index (χ2v) is 2.80. The number of anilines is 1. The van der Waals surface area contributed by atoms with E-state index in [1.807, 2.05) is 6.07 Å². The number of nitrogens with one attached hydrogen (secondary N) is 1. The Morgan fingerprint density at radius 3 is 2.62 bits per heavy atom. The van der Waals surface area contributed by atoms with Crippen LogP contribution in [0.1, 0.15) is 0 Å². The van der Waals surface area contributed by atoms with E-state index >= 15 is 0 Å². The molecule has 0 radical (unpaired) electrons. The normalized spacial score (nSPS) is 10.6. The molecule has 0 fully saturated rings. The molecule has 0 aliphatic heterocycles. The summed E-state index contributed by atoms with van der Waals surface area (Å²) in [5.41, 5.74) is 6.25. The molecule has 0 saturated carbocycles. The van der Waals surface area contributed by atoms with E-state index in [9.17, 15) is 0 Å². The average molecular weight is 194 g/mol. The van der Waals surface area contributed by atoms with Crippen LogP contribution in [0.5, 0.6) is 0 Å². The average Bonchev–Trinajstić information content (AvgIpc) is 2.09. The van der Waals surface area contributed by atoms with E-state index in [1.165, 1.54) is 6.08 Å². The van der Waals surface area contributed by atoms with Gasteiger partial charge in [0.1, 0.15) is 5.82 Å². The fourth-order valence-electron chi connectivity index (χ4n) is 0.806. The molecule has 0 aliphatic carbocycles. The molecule has 0 unspecified atom stereocenters. The summed E-state index contributed by atoms with van der Waals surface area (Å²) in [5.74, 6) is 0.310. The first-order valence-electron chi connectivity index (χ1n) is 3.60. The van der Waals surface area contributed by atoms with Crippen LogP contribution >= 0.6 is 11.6 Å². The van der Waals surface area contributed by atoms with Gasteiger partial charge in [-0.05, 0) is 24.3 Å². The maximum atomic E-state index is 8.29. The summed E-state index contributed by atoms with van der Waals surface area (Å²) in [6.45, 7) is 0. The fourth-order valence-corrected chi connectivity index (χ4v) is 0.932. The fraction of sp³-hybridized carbons (Fsp3) is 0. The molecule has 1 aromatic rings.